The standard InChI is InChI=1S/C9H10O.C/c1-2-6-9-8(4-1)5-3-7-10-9;/h1-2,4,6H,3,5,7H2;. The van der Waals surface area contributed by atoms with Crippen LogP contribution in [0.3, 0.4) is 0 Å². The van der Waals surface area contributed by atoms with Gasteiger partial charge >= 0.3 is 0 Å². The second-order valence-electron chi connectivity index (χ2n) is 2.56. The van der Waals surface area contributed by atoms with Crippen molar-refractivity contribution in [1.29, 1.82) is 0 Å². The molecule has 0 N–H and O–H groups in total. The molecule has 1 aromatic rings. The van der Waals surface area contributed by atoms with Gasteiger partial charge in [-0.2, -0.15) is 0 Å². The van der Waals surface area contributed by atoms with Crippen molar-refractivity contribution in [3.05, 3.63) is 37.3 Å². The highest BCUT2D eigenvalue weighted by atomic mass is 16.5. The molecule has 0 saturated carbocycles. The quantitative estimate of drug-likeness (QED) is 0.544. The zero-order chi connectivity index (χ0) is 6.81. The molecule has 2 rings (SSSR count). The minimum Gasteiger partial charge on any atom is -0.493 e. The molecule has 0 aromatic heterocycles. The van der Waals surface area contributed by atoms with E-state index >= 15 is 0 Å². The van der Waals surface area contributed by atoms with E-state index in [4.69, 9.17) is 4.74 Å². The average Bonchev–Trinajstić information content (AvgIpc) is 2.05. The molecule has 1 heterocycles. The summed E-state index contributed by atoms with van der Waals surface area (Å²) < 4.78 is 5.42. The van der Waals surface area contributed by atoms with Crippen molar-refractivity contribution in [3.8, 4) is 5.75 Å². The zero-order valence-electron chi connectivity index (χ0n) is 6.34. The monoisotopic (exact) mass is 146 g/mol. The van der Waals surface area contributed by atoms with Crippen molar-refractivity contribution in [2.24, 2.45) is 0 Å². The maximum absolute atomic E-state index is 5.42. The highest BCUT2D eigenvalue weighted by Crippen LogP contribution is 2.22. The van der Waals surface area contributed by atoms with Crippen molar-refractivity contribution in [2.75, 3.05) is 6.61 Å². The molecule has 1 aliphatic rings. The molecule has 56 valence electrons. The first kappa shape index (κ1) is 8.12. The Labute approximate surface area is 68.0 Å². The van der Waals surface area contributed by atoms with Crippen molar-refractivity contribution < 1.29 is 4.74 Å². The van der Waals surface area contributed by atoms with Gasteiger partial charge in [-0.05, 0) is 24.5 Å². The molecular formula is C10H10O. The van der Waals surface area contributed by atoms with E-state index in [1.54, 1.807) is 0 Å². The Hall–Kier alpha value is -0.980. The summed E-state index contributed by atoms with van der Waals surface area (Å²) in [5.74, 6) is 1.08. The van der Waals surface area contributed by atoms with Crippen LogP contribution in [0.1, 0.15) is 12.0 Å². The second-order valence-corrected chi connectivity index (χ2v) is 2.56. The molecule has 0 unspecified atom stereocenters. The van der Waals surface area contributed by atoms with Crippen LogP contribution < -0.4 is 4.74 Å². The largest absolute Gasteiger partial charge is 0.493 e. The second kappa shape index (κ2) is 3.42. The van der Waals surface area contributed by atoms with Crippen LogP contribution in [-0.4, -0.2) is 6.61 Å². The molecule has 0 spiro atoms. The normalized spacial score (nSPS) is 14.2. The summed E-state index contributed by atoms with van der Waals surface area (Å²) in [5.41, 5.74) is 1.36. The van der Waals surface area contributed by atoms with Gasteiger partial charge in [0.1, 0.15) is 5.75 Å². The van der Waals surface area contributed by atoms with E-state index in [-0.39, 0.29) is 7.43 Å². The van der Waals surface area contributed by atoms with Gasteiger partial charge in [0, 0.05) is 7.43 Å². The summed E-state index contributed by atoms with van der Waals surface area (Å²) in [6.45, 7) is 0.886. The Balaban J connectivity index is 0.000000605. The maximum Gasteiger partial charge on any atom is 0.122 e. The van der Waals surface area contributed by atoms with Crippen molar-refractivity contribution in [3.63, 3.8) is 0 Å². The van der Waals surface area contributed by atoms with Gasteiger partial charge < -0.3 is 4.74 Å². The summed E-state index contributed by atoms with van der Waals surface area (Å²) in [7, 11) is 0. The van der Waals surface area contributed by atoms with Crippen LogP contribution in [0, 0.1) is 7.43 Å². The van der Waals surface area contributed by atoms with Crippen molar-refractivity contribution >= 4 is 0 Å². The minimum absolute atomic E-state index is 0. The first-order chi connectivity index (χ1) is 4.97. The molecule has 0 atom stereocenters. The van der Waals surface area contributed by atoms with Crippen LogP contribution in [0.4, 0.5) is 0 Å². The number of para-hydroxylation sites is 1. The van der Waals surface area contributed by atoms with Gasteiger partial charge in [-0.1, -0.05) is 18.2 Å². The van der Waals surface area contributed by atoms with Crippen LogP contribution in [0.15, 0.2) is 24.3 Å². The maximum atomic E-state index is 5.42. The van der Waals surface area contributed by atoms with Crippen LogP contribution in [0.2, 0.25) is 0 Å². The number of aryl methyl sites for hydroxylation is 1. The minimum atomic E-state index is 0. The number of fused-ring (bicyclic) bond motifs is 1. The first-order valence-electron chi connectivity index (χ1n) is 3.67. The summed E-state index contributed by atoms with van der Waals surface area (Å²) in [6, 6.07) is 8.25. The lowest BCUT2D eigenvalue weighted by Gasteiger charge is -2.15. The van der Waals surface area contributed by atoms with Gasteiger partial charge in [-0.25, -0.2) is 0 Å². The predicted octanol–water partition coefficient (Wildman–Crippen LogP) is 2.09. The molecule has 1 heteroatoms. The number of rotatable bonds is 0. The summed E-state index contributed by atoms with van der Waals surface area (Å²) in [4.78, 5) is 0. The molecule has 1 nitrogen and oxygen atoms in total. The van der Waals surface area contributed by atoms with Crippen LogP contribution in [-0.2, 0) is 6.42 Å². The van der Waals surface area contributed by atoms with Gasteiger partial charge in [0.15, 0.2) is 0 Å². The third-order valence-corrected chi connectivity index (χ3v) is 1.82. The van der Waals surface area contributed by atoms with Gasteiger partial charge in [0.05, 0.1) is 6.61 Å². The summed E-state index contributed by atoms with van der Waals surface area (Å²) in [5, 5.41) is 0. The molecule has 11 heavy (non-hydrogen) atoms. The highest BCUT2D eigenvalue weighted by molar-refractivity contribution is 5.34. The number of benzene rings is 1. The van der Waals surface area contributed by atoms with E-state index < -0.39 is 0 Å². The van der Waals surface area contributed by atoms with E-state index in [0.717, 1.165) is 18.8 Å². The van der Waals surface area contributed by atoms with E-state index in [2.05, 4.69) is 12.1 Å². The molecule has 0 fully saturated rings. The zero-order valence-corrected chi connectivity index (χ0v) is 6.34. The fourth-order valence-electron chi connectivity index (χ4n) is 1.30. The average molecular weight is 146 g/mol. The molecule has 0 aliphatic carbocycles. The van der Waals surface area contributed by atoms with Gasteiger partial charge in [-0.15, -0.1) is 0 Å². The molecular weight excluding hydrogens is 136 g/mol. The van der Waals surface area contributed by atoms with Gasteiger partial charge in [0.2, 0.25) is 0 Å². The SMILES string of the molecule is [C].c1ccc2c(c1)CCCO2. The molecule has 1 aromatic carbocycles. The smallest absolute Gasteiger partial charge is 0.122 e. The highest BCUT2D eigenvalue weighted by Gasteiger charge is 2.06. The Morgan fingerprint density at radius 2 is 2.00 bits per heavy atom. The van der Waals surface area contributed by atoms with Gasteiger partial charge in [-0.3, -0.25) is 0 Å². The van der Waals surface area contributed by atoms with E-state index in [1.165, 1.54) is 12.0 Å². The predicted molar refractivity (Wildman–Crippen MR) is 43.5 cm³/mol. The fraction of sp³-hybridized carbons (Fsp3) is 0.300. The van der Waals surface area contributed by atoms with E-state index in [0.29, 0.717) is 0 Å². The Kier molecular flexibility index (Phi) is 2.53. The van der Waals surface area contributed by atoms with Gasteiger partial charge in [0.25, 0.3) is 0 Å². The molecule has 0 bridgehead atoms. The van der Waals surface area contributed by atoms with Crippen LogP contribution >= 0.6 is 0 Å². The number of hydrogen-bond acceptors (Lipinski definition) is 1. The lowest BCUT2D eigenvalue weighted by molar-refractivity contribution is 0.288. The van der Waals surface area contributed by atoms with Crippen LogP contribution in [0.25, 0.3) is 0 Å². The van der Waals surface area contributed by atoms with Crippen molar-refractivity contribution in [1.82, 2.24) is 0 Å². The molecule has 0 saturated heterocycles. The molecule has 0 amide bonds. The third kappa shape index (κ3) is 1.53. The summed E-state index contributed by atoms with van der Waals surface area (Å²) >= 11 is 0. The third-order valence-electron chi connectivity index (χ3n) is 1.82. The summed E-state index contributed by atoms with van der Waals surface area (Å²) in [6.07, 6.45) is 2.34. The fourth-order valence-corrected chi connectivity index (χ4v) is 1.30. The Morgan fingerprint density at radius 3 is 2.82 bits per heavy atom. The molecule has 4 radical (unpaired) electrons. The lowest BCUT2D eigenvalue weighted by atomic mass is 10.1. The lowest BCUT2D eigenvalue weighted by Crippen LogP contribution is -2.07. The van der Waals surface area contributed by atoms with Crippen LogP contribution in [0.5, 0.6) is 5.75 Å². The first-order valence-corrected chi connectivity index (χ1v) is 3.67. The van der Waals surface area contributed by atoms with E-state index in [9.17, 15) is 0 Å². The topological polar surface area (TPSA) is 9.23 Å². The van der Waals surface area contributed by atoms with Crippen molar-refractivity contribution in [2.45, 2.75) is 12.8 Å². The number of ether oxygens (including phenoxy) is 1. The van der Waals surface area contributed by atoms with E-state index in [1.807, 2.05) is 12.1 Å². The Bertz CT molecular complexity index is 205. The molecule has 1 aliphatic heterocycles. The number of hydrogen-bond donors (Lipinski definition) is 0. The Morgan fingerprint density at radius 1 is 1.18 bits per heavy atom.